The van der Waals surface area contributed by atoms with Crippen LogP contribution in [0.4, 0.5) is 21.7 Å². The molecule has 0 aliphatic carbocycles. The van der Waals surface area contributed by atoms with Crippen LogP contribution in [-0.2, 0) is 5.41 Å². The normalized spacial score (nSPS) is 11.5. The summed E-state index contributed by atoms with van der Waals surface area (Å²) in [6.45, 7) is 7.79. The van der Waals surface area contributed by atoms with Gasteiger partial charge in [-0.2, -0.15) is 0 Å². The highest BCUT2D eigenvalue weighted by molar-refractivity contribution is 6.33. The van der Waals surface area contributed by atoms with Crippen LogP contribution in [0.2, 0.25) is 5.02 Å². The maximum atomic E-state index is 13.3. The van der Waals surface area contributed by atoms with Gasteiger partial charge >= 0.3 is 0 Å². The molecule has 2 aromatic rings. The van der Waals surface area contributed by atoms with Gasteiger partial charge in [-0.3, -0.25) is 0 Å². The van der Waals surface area contributed by atoms with E-state index in [-0.39, 0.29) is 11.2 Å². The van der Waals surface area contributed by atoms with Crippen LogP contribution in [0.25, 0.3) is 0 Å². The second-order valence-corrected chi connectivity index (χ2v) is 6.31. The molecule has 21 heavy (non-hydrogen) atoms. The van der Waals surface area contributed by atoms with E-state index < -0.39 is 0 Å². The third kappa shape index (κ3) is 3.42. The van der Waals surface area contributed by atoms with Crippen LogP contribution in [0.1, 0.15) is 32.2 Å². The molecular formula is C15H18ClFN4. The number of hydrogen-bond acceptors (Lipinski definition) is 4. The lowest BCUT2D eigenvalue weighted by Crippen LogP contribution is -2.19. The summed E-state index contributed by atoms with van der Waals surface area (Å²) in [6.07, 6.45) is 0. The summed E-state index contributed by atoms with van der Waals surface area (Å²) in [7, 11) is 0. The Morgan fingerprint density at radius 3 is 2.52 bits per heavy atom. The molecule has 0 spiro atoms. The van der Waals surface area contributed by atoms with Gasteiger partial charge in [-0.05, 0) is 25.1 Å². The lowest BCUT2D eigenvalue weighted by atomic mass is 9.95. The summed E-state index contributed by atoms with van der Waals surface area (Å²) >= 11 is 6.06. The van der Waals surface area contributed by atoms with Crippen molar-refractivity contribution in [2.75, 3.05) is 11.1 Å². The zero-order valence-electron chi connectivity index (χ0n) is 12.5. The Morgan fingerprint density at radius 1 is 1.24 bits per heavy atom. The van der Waals surface area contributed by atoms with E-state index in [1.54, 1.807) is 6.92 Å². The number of hydrogen-bond donors (Lipinski definition) is 2. The van der Waals surface area contributed by atoms with E-state index in [0.717, 1.165) is 0 Å². The minimum Gasteiger partial charge on any atom is -0.383 e. The van der Waals surface area contributed by atoms with E-state index in [1.807, 2.05) is 20.8 Å². The number of rotatable bonds is 2. The topological polar surface area (TPSA) is 63.8 Å². The highest BCUT2D eigenvalue weighted by Crippen LogP contribution is 2.30. The van der Waals surface area contributed by atoms with Crippen molar-refractivity contribution in [2.45, 2.75) is 33.1 Å². The van der Waals surface area contributed by atoms with Crippen molar-refractivity contribution in [2.24, 2.45) is 0 Å². The molecule has 0 radical (unpaired) electrons. The molecule has 0 bridgehead atoms. The predicted octanol–water partition coefficient (Wildman–Crippen LogP) is 4.20. The Balaban J connectivity index is 2.49. The average Bonchev–Trinajstić information content (AvgIpc) is 2.37. The van der Waals surface area contributed by atoms with Crippen molar-refractivity contribution in [1.29, 1.82) is 0 Å². The van der Waals surface area contributed by atoms with Crippen molar-refractivity contribution in [3.8, 4) is 0 Å². The number of nitrogens with one attached hydrogen (secondary N) is 1. The zero-order chi connectivity index (χ0) is 15.8. The maximum absolute atomic E-state index is 13.3. The van der Waals surface area contributed by atoms with Gasteiger partial charge in [0.15, 0.2) is 0 Å². The van der Waals surface area contributed by atoms with Gasteiger partial charge in [0.05, 0.1) is 10.7 Å². The van der Waals surface area contributed by atoms with Gasteiger partial charge in [-0.25, -0.2) is 14.4 Å². The molecule has 3 N–H and O–H groups in total. The van der Waals surface area contributed by atoms with Crippen LogP contribution in [0.15, 0.2) is 18.2 Å². The van der Waals surface area contributed by atoms with E-state index in [4.69, 9.17) is 17.3 Å². The van der Waals surface area contributed by atoms with Crippen molar-refractivity contribution >= 4 is 28.9 Å². The molecule has 2 rings (SSSR count). The van der Waals surface area contributed by atoms with Crippen LogP contribution in [0.3, 0.4) is 0 Å². The lowest BCUT2D eigenvalue weighted by Gasteiger charge is -2.20. The van der Waals surface area contributed by atoms with Gasteiger partial charge in [0, 0.05) is 11.0 Å². The standard InChI is InChI=1S/C15H18ClFN4/c1-8-12(18)20-14(15(2,3)4)21-13(8)19-11-7-9(17)5-6-10(11)16/h5-7H,1-4H3,(H3,18,19,20,21). The van der Waals surface area contributed by atoms with Gasteiger partial charge in [-0.1, -0.05) is 32.4 Å². The molecular weight excluding hydrogens is 291 g/mol. The number of benzene rings is 1. The van der Waals surface area contributed by atoms with Crippen LogP contribution in [0, 0.1) is 12.7 Å². The number of nitrogens with two attached hydrogens (primary N) is 1. The third-order valence-corrected chi connectivity index (χ3v) is 3.37. The van der Waals surface area contributed by atoms with Crippen LogP contribution >= 0.6 is 11.6 Å². The molecule has 0 amide bonds. The molecule has 6 heteroatoms. The highest BCUT2D eigenvalue weighted by atomic mass is 35.5. The molecule has 4 nitrogen and oxygen atoms in total. The Kier molecular flexibility index (Phi) is 4.05. The summed E-state index contributed by atoms with van der Waals surface area (Å²) in [5.41, 5.74) is 6.84. The largest absolute Gasteiger partial charge is 0.383 e. The van der Waals surface area contributed by atoms with Gasteiger partial charge in [-0.15, -0.1) is 0 Å². The SMILES string of the molecule is Cc1c(N)nc(C(C)(C)C)nc1Nc1cc(F)ccc1Cl. The highest BCUT2D eigenvalue weighted by Gasteiger charge is 2.20. The first-order valence-corrected chi connectivity index (χ1v) is 6.93. The fraction of sp³-hybridized carbons (Fsp3) is 0.333. The van der Waals surface area contributed by atoms with Gasteiger partial charge < -0.3 is 11.1 Å². The van der Waals surface area contributed by atoms with Crippen molar-refractivity contribution in [1.82, 2.24) is 9.97 Å². The number of nitrogens with zero attached hydrogens (tertiary/aromatic N) is 2. The van der Waals surface area contributed by atoms with Gasteiger partial charge in [0.2, 0.25) is 0 Å². The van der Waals surface area contributed by atoms with Crippen LogP contribution in [0.5, 0.6) is 0 Å². The Labute approximate surface area is 128 Å². The molecule has 0 atom stereocenters. The monoisotopic (exact) mass is 308 g/mol. The molecule has 1 aromatic heterocycles. The van der Waals surface area contributed by atoms with E-state index >= 15 is 0 Å². The minimum atomic E-state index is -0.377. The van der Waals surface area contributed by atoms with Gasteiger partial charge in [0.1, 0.15) is 23.3 Å². The summed E-state index contributed by atoms with van der Waals surface area (Å²) in [5.74, 6) is 1.16. The smallest absolute Gasteiger partial charge is 0.139 e. The molecule has 112 valence electrons. The molecule has 0 saturated heterocycles. The van der Waals surface area contributed by atoms with Crippen molar-refractivity contribution < 1.29 is 4.39 Å². The molecule has 0 saturated carbocycles. The van der Waals surface area contributed by atoms with Crippen LogP contribution < -0.4 is 11.1 Å². The molecule has 1 heterocycles. The Morgan fingerprint density at radius 2 is 1.90 bits per heavy atom. The van der Waals surface area contributed by atoms with Crippen LogP contribution in [-0.4, -0.2) is 9.97 Å². The average molecular weight is 309 g/mol. The molecule has 0 fully saturated rings. The quantitative estimate of drug-likeness (QED) is 0.872. The Bertz CT molecular complexity index is 680. The van der Waals surface area contributed by atoms with Gasteiger partial charge in [0.25, 0.3) is 0 Å². The van der Waals surface area contributed by atoms with E-state index in [9.17, 15) is 4.39 Å². The van der Waals surface area contributed by atoms with E-state index in [1.165, 1.54) is 18.2 Å². The second-order valence-electron chi connectivity index (χ2n) is 5.91. The lowest BCUT2D eigenvalue weighted by molar-refractivity contribution is 0.546. The first kappa shape index (κ1) is 15.5. The summed E-state index contributed by atoms with van der Waals surface area (Å²) in [4.78, 5) is 8.79. The zero-order valence-corrected chi connectivity index (χ0v) is 13.2. The first-order valence-electron chi connectivity index (χ1n) is 6.55. The molecule has 0 aliphatic heterocycles. The summed E-state index contributed by atoms with van der Waals surface area (Å²) < 4.78 is 13.3. The Hall–Kier alpha value is -1.88. The summed E-state index contributed by atoms with van der Waals surface area (Å²) in [5, 5.41) is 3.44. The summed E-state index contributed by atoms with van der Waals surface area (Å²) in [6, 6.07) is 4.11. The first-order chi connectivity index (χ1) is 9.68. The number of anilines is 3. The number of aromatic nitrogens is 2. The fourth-order valence-electron chi connectivity index (χ4n) is 1.71. The minimum absolute atomic E-state index is 0.246. The van der Waals surface area contributed by atoms with E-state index in [2.05, 4.69) is 15.3 Å². The van der Waals surface area contributed by atoms with Crippen molar-refractivity contribution in [3.05, 3.63) is 40.4 Å². The van der Waals surface area contributed by atoms with E-state index in [0.29, 0.717) is 33.7 Å². The molecule has 1 aromatic carbocycles. The van der Waals surface area contributed by atoms with Crippen molar-refractivity contribution in [3.63, 3.8) is 0 Å². The number of halogens is 2. The predicted molar refractivity (Wildman–Crippen MR) is 84.6 cm³/mol. The maximum Gasteiger partial charge on any atom is 0.139 e. The molecule has 0 aliphatic rings. The fourth-order valence-corrected chi connectivity index (χ4v) is 1.88. The molecule has 0 unspecified atom stereocenters. The number of nitrogen functional groups attached to an aromatic ring is 1. The third-order valence-electron chi connectivity index (χ3n) is 3.04. The second kappa shape index (κ2) is 5.48.